The quantitative estimate of drug-likeness (QED) is 0.871. The molecule has 1 aromatic carbocycles. The third-order valence-corrected chi connectivity index (χ3v) is 3.70. The van der Waals surface area contributed by atoms with Crippen LogP contribution >= 0.6 is 0 Å². The summed E-state index contributed by atoms with van der Waals surface area (Å²) in [6.07, 6.45) is 0.889. The first-order valence-corrected chi connectivity index (χ1v) is 7.00. The number of anilines is 1. The van der Waals surface area contributed by atoms with Gasteiger partial charge in [-0.1, -0.05) is 12.1 Å². The molecule has 1 aliphatic rings. The van der Waals surface area contributed by atoms with Gasteiger partial charge >= 0.3 is 6.03 Å². The fourth-order valence-electron chi connectivity index (χ4n) is 2.40. The van der Waals surface area contributed by atoms with Gasteiger partial charge in [0.2, 0.25) is 0 Å². The molecule has 0 aromatic heterocycles. The lowest BCUT2D eigenvalue weighted by Gasteiger charge is -2.18. The minimum absolute atomic E-state index is 0.0452. The van der Waals surface area contributed by atoms with Crippen molar-refractivity contribution in [2.45, 2.75) is 13.0 Å². The highest BCUT2D eigenvalue weighted by atomic mass is 16.3. The monoisotopic (exact) mass is 277 g/mol. The average Bonchev–Trinajstić information content (AvgIpc) is 2.94. The maximum absolute atomic E-state index is 12.0. The van der Waals surface area contributed by atoms with Gasteiger partial charge in [0, 0.05) is 51.9 Å². The van der Waals surface area contributed by atoms with E-state index in [2.05, 4.69) is 11.4 Å². The van der Waals surface area contributed by atoms with E-state index in [0.29, 0.717) is 13.1 Å². The topological polar surface area (TPSA) is 55.8 Å². The zero-order valence-corrected chi connectivity index (χ0v) is 12.2. The number of amides is 2. The lowest BCUT2D eigenvalue weighted by Crippen LogP contribution is -2.38. The number of rotatable bonds is 4. The predicted octanol–water partition coefficient (Wildman–Crippen LogP) is 1.28. The SMILES string of the molecule is CN(C)c1cccc(CNC(=O)N2CCC(CO)C2)c1. The molecule has 20 heavy (non-hydrogen) atoms. The second kappa shape index (κ2) is 6.61. The Kier molecular flexibility index (Phi) is 4.84. The number of likely N-dealkylation sites (tertiary alicyclic amines) is 1. The number of aliphatic hydroxyl groups is 1. The van der Waals surface area contributed by atoms with Crippen LogP contribution in [0.5, 0.6) is 0 Å². The summed E-state index contributed by atoms with van der Waals surface area (Å²) >= 11 is 0. The van der Waals surface area contributed by atoms with E-state index in [9.17, 15) is 4.79 Å². The van der Waals surface area contributed by atoms with Crippen LogP contribution in [0.2, 0.25) is 0 Å². The van der Waals surface area contributed by atoms with Crippen LogP contribution in [0.15, 0.2) is 24.3 Å². The summed E-state index contributed by atoms with van der Waals surface area (Å²) in [6, 6.07) is 8.07. The Morgan fingerprint density at radius 3 is 2.95 bits per heavy atom. The second-order valence-electron chi connectivity index (χ2n) is 5.51. The third kappa shape index (κ3) is 3.63. The van der Waals surface area contributed by atoms with Crippen molar-refractivity contribution in [3.63, 3.8) is 0 Å². The fraction of sp³-hybridized carbons (Fsp3) is 0.533. The first-order chi connectivity index (χ1) is 9.60. The molecule has 0 radical (unpaired) electrons. The first-order valence-electron chi connectivity index (χ1n) is 7.00. The number of urea groups is 1. The number of hydrogen-bond donors (Lipinski definition) is 2. The first kappa shape index (κ1) is 14.7. The predicted molar refractivity (Wildman–Crippen MR) is 79.8 cm³/mol. The highest BCUT2D eigenvalue weighted by Gasteiger charge is 2.25. The van der Waals surface area contributed by atoms with E-state index >= 15 is 0 Å². The van der Waals surface area contributed by atoms with Crippen LogP contribution in [0.25, 0.3) is 0 Å². The molecule has 1 aliphatic heterocycles. The number of carbonyl (C=O) groups is 1. The van der Waals surface area contributed by atoms with Crippen molar-refractivity contribution in [1.29, 1.82) is 0 Å². The zero-order valence-electron chi connectivity index (χ0n) is 12.2. The van der Waals surface area contributed by atoms with Crippen LogP contribution in [0.1, 0.15) is 12.0 Å². The van der Waals surface area contributed by atoms with Crippen LogP contribution in [0.4, 0.5) is 10.5 Å². The number of benzene rings is 1. The van der Waals surface area contributed by atoms with Crippen molar-refractivity contribution in [1.82, 2.24) is 10.2 Å². The Balaban J connectivity index is 1.86. The van der Waals surface area contributed by atoms with Gasteiger partial charge in [-0.15, -0.1) is 0 Å². The lowest BCUT2D eigenvalue weighted by atomic mass is 10.1. The molecule has 1 unspecified atom stereocenters. The Morgan fingerprint density at radius 2 is 2.30 bits per heavy atom. The van der Waals surface area contributed by atoms with Crippen molar-refractivity contribution in [2.75, 3.05) is 38.7 Å². The molecule has 5 nitrogen and oxygen atoms in total. The highest BCUT2D eigenvalue weighted by molar-refractivity contribution is 5.74. The molecule has 1 atom stereocenters. The number of nitrogens with one attached hydrogen (secondary N) is 1. The maximum atomic E-state index is 12.0. The normalized spacial score (nSPS) is 18.1. The van der Waals surface area contributed by atoms with Gasteiger partial charge in [-0.3, -0.25) is 0 Å². The molecule has 0 spiro atoms. The summed E-state index contributed by atoms with van der Waals surface area (Å²) in [6.45, 7) is 2.07. The molecule has 1 fully saturated rings. The molecule has 0 bridgehead atoms. The molecule has 2 rings (SSSR count). The van der Waals surface area contributed by atoms with Gasteiger partial charge in [-0.25, -0.2) is 4.79 Å². The second-order valence-corrected chi connectivity index (χ2v) is 5.51. The van der Waals surface area contributed by atoms with Crippen molar-refractivity contribution < 1.29 is 9.90 Å². The van der Waals surface area contributed by atoms with E-state index in [0.717, 1.165) is 24.2 Å². The number of aliphatic hydroxyl groups excluding tert-OH is 1. The van der Waals surface area contributed by atoms with Gasteiger partial charge in [0.1, 0.15) is 0 Å². The van der Waals surface area contributed by atoms with Crippen molar-refractivity contribution >= 4 is 11.7 Å². The molecule has 1 saturated heterocycles. The standard InChI is InChI=1S/C15H23N3O2/c1-17(2)14-5-3-4-12(8-14)9-16-15(20)18-7-6-13(10-18)11-19/h3-5,8,13,19H,6-7,9-11H2,1-2H3,(H,16,20). The summed E-state index contributed by atoms with van der Waals surface area (Å²) in [4.78, 5) is 15.8. The molecular weight excluding hydrogens is 254 g/mol. The smallest absolute Gasteiger partial charge is 0.317 e. The molecular formula is C15H23N3O2. The summed E-state index contributed by atoms with van der Waals surface area (Å²) in [5.41, 5.74) is 2.21. The number of carbonyl (C=O) groups excluding carboxylic acids is 1. The highest BCUT2D eigenvalue weighted by Crippen LogP contribution is 2.16. The van der Waals surface area contributed by atoms with Crippen LogP contribution in [-0.2, 0) is 6.54 Å². The summed E-state index contributed by atoms with van der Waals surface area (Å²) in [7, 11) is 3.99. The Bertz CT molecular complexity index is 462. The molecule has 0 saturated carbocycles. The van der Waals surface area contributed by atoms with E-state index in [-0.39, 0.29) is 18.6 Å². The molecule has 2 amide bonds. The van der Waals surface area contributed by atoms with Crippen molar-refractivity contribution in [3.8, 4) is 0 Å². The molecule has 2 N–H and O–H groups in total. The minimum atomic E-state index is -0.0452. The van der Waals surface area contributed by atoms with Gasteiger partial charge < -0.3 is 20.2 Å². The number of hydrogen-bond acceptors (Lipinski definition) is 3. The number of nitrogens with zero attached hydrogens (tertiary/aromatic N) is 2. The summed E-state index contributed by atoms with van der Waals surface area (Å²) in [5.74, 6) is 0.234. The molecule has 0 aliphatic carbocycles. The van der Waals surface area contributed by atoms with Crippen molar-refractivity contribution in [2.24, 2.45) is 5.92 Å². The Hall–Kier alpha value is -1.75. The fourth-order valence-corrected chi connectivity index (χ4v) is 2.40. The zero-order chi connectivity index (χ0) is 14.5. The van der Waals surface area contributed by atoms with Gasteiger partial charge in [0.25, 0.3) is 0 Å². The van der Waals surface area contributed by atoms with E-state index < -0.39 is 0 Å². The van der Waals surface area contributed by atoms with E-state index in [1.165, 1.54) is 0 Å². The largest absolute Gasteiger partial charge is 0.396 e. The maximum Gasteiger partial charge on any atom is 0.317 e. The van der Waals surface area contributed by atoms with Gasteiger partial charge in [0.05, 0.1) is 0 Å². The van der Waals surface area contributed by atoms with Gasteiger partial charge in [-0.2, -0.15) is 0 Å². The van der Waals surface area contributed by atoms with Crippen LogP contribution in [-0.4, -0.2) is 49.8 Å². The Morgan fingerprint density at radius 1 is 1.50 bits per heavy atom. The van der Waals surface area contributed by atoms with Crippen molar-refractivity contribution in [3.05, 3.63) is 29.8 Å². The third-order valence-electron chi connectivity index (χ3n) is 3.70. The summed E-state index contributed by atoms with van der Waals surface area (Å²) in [5, 5.41) is 12.0. The molecule has 5 heteroatoms. The summed E-state index contributed by atoms with van der Waals surface area (Å²) < 4.78 is 0. The molecule has 110 valence electrons. The molecule has 1 aromatic rings. The van der Waals surface area contributed by atoms with Gasteiger partial charge in [-0.05, 0) is 24.1 Å². The van der Waals surface area contributed by atoms with Crippen LogP contribution < -0.4 is 10.2 Å². The Labute approximate surface area is 120 Å². The van der Waals surface area contributed by atoms with Gasteiger partial charge in [0.15, 0.2) is 0 Å². The van der Waals surface area contributed by atoms with Crippen LogP contribution in [0.3, 0.4) is 0 Å². The lowest BCUT2D eigenvalue weighted by molar-refractivity contribution is 0.198. The average molecular weight is 277 g/mol. The van der Waals surface area contributed by atoms with E-state index in [4.69, 9.17) is 5.11 Å². The van der Waals surface area contributed by atoms with Crippen LogP contribution in [0, 0.1) is 5.92 Å². The molecule has 1 heterocycles. The minimum Gasteiger partial charge on any atom is -0.396 e. The van der Waals surface area contributed by atoms with E-state index in [1.54, 1.807) is 4.90 Å². The van der Waals surface area contributed by atoms with E-state index in [1.807, 2.05) is 37.2 Å².